The lowest BCUT2D eigenvalue weighted by atomic mass is 10.2. The van der Waals surface area contributed by atoms with Crippen LogP contribution in [0.25, 0.3) is 0 Å². The molecular weight excluding hydrogens is 226 g/mol. The number of benzene rings is 1. The fraction of sp³-hybridized carbons (Fsp3) is 0.357. The second kappa shape index (κ2) is 8.17. The summed E-state index contributed by atoms with van der Waals surface area (Å²) in [7, 11) is 1.66. The van der Waals surface area contributed by atoms with Gasteiger partial charge in [-0.25, -0.2) is 4.99 Å². The van der Waals surface area contributed by atoms with E-state index >= 15 is 0 Å². The normalized spacial score (nSPS) is 10.9. The monoisotopic (exact) mass is 247 g/mol. The first-order chi connectivity index (χ1) is 8.80. The number of hydrogen-bond donors (Lipinski definition) is 2. The SMILES string of the molecule is C=CCNC(=NCc1ccc(OC)cc1)NCC. The Kier molecular flexibility index (Phi) is 6.40. The van der Waals surface area contributed by atoms with Crippen molar-refractivity contribution in [1.82, 2.24) is 10.6 Å². The molecule has 0 bridgehead atoms. The molecule has 0 saturated heterocycles. The highest BCUT2D eigenvalue weighted by Crippen LogP contribution is 2.11. The predicted octanol–water partition coefficient (Wildman–Crippen LogP) is 1.94. The molecule has 0 aliphatic heterocycles. The first-order valence-electron chi connectivity index (χ1n) is 6.06. The molecule has 0 atom stereocenters. The molecule has 1 rings (SSSR count). The van der Waals surface area contributed by atoms with Gasteiger partial charge in [-0.15, -0.1) is 6.58 Å². The van der Waals surface area contributed by atoms with Crippen LogP contribution in [0.1, 0.15) is 12.5 Å². The van der Waals surface area contributed by atoms with E-state index in [1.165, 1.54) is 0 Å². The lowest BCUT2D eigenvalue weighted by Gasteiger charge is -2.09. The number of ether oxygens (including phenoxy) is 1. The van der Waals surface area contributed by atoms with Crippen LogP contribution in [-0.2, 0) is 6.54 Å². The number of aliphatic imine (C=N–C) groups is 1. The molecular formula is C14H21N3O. The first-order valence-corrected chi connectivity index (χ1v) is 6.06. The minimum Gasteiger partial charge on any atom is -0.497 e. The summed E-state index contributed by atoms with van der Waals surface area (Å²) >= 11 is 0. The fourth-order valence-electron chi connectivity index (χ4n) is 1.41. The lowest BCUT2D eigenvalue weighted by molar-refractivity contribution is 0.414. The van der Waals surface area contributed by atoms with Crippen molar-refractivity contribution in [2.45, 2.75) is 13.5 Å². The zero-order valence-electron chi connectivity index (χ0n) is 11.1. The van der Waals surface area contributed by atoms with Gasteiger partial charge in [0, 0.05) is 13.1 Å². The molecule has 98 valence electrons. The molecule has 0 aromatic heterocycles. The topological polar surface area (TPSA) is 45.7 Å². The molecule has 0 amide bonds. The van der Waals surface area contributed by atoms with Crippen LogP contribution in [0.15, 0.2) is 41.9 Å². The van der Waals surface area contributed by atoms with Gasteiger partial charge in [-0.05, 0) is 24.6 Å². The van der Waals surface area contributed by atoms with E-state index in [1.807, 2.05) is 31.2 Å². The van der Waals surface area contributed by atoms with Gasteiger partial charge in [0.1, 0.15) is 5.75 Å². The molecule has 0 heterocycles. The summed E-state index contributed by atoms with van der Waals surface area (Å²) in [6.07, 6.45) is 1.81. The zero-order chi connectivity index (χ0) is 13.2. The van der Waals surface area contributed by atoms with Crippen molar-refractivity contribution in [1.29, 1.82) is 0 Å². The van der Waals surface area contributed by atoms with Crippen LogP contribution in [0, 0.1) is 0 Å². The highest BCUT2D eigenvalue weighted by atomic mass is 16.5. The molecule has 4 heteroatoms. The quantitative estimate of drug-likeness (QED) is 0.459. The van der Waals surface area contributed by atoms with Crippen LogP contribution in [0.2, 0.25) is 0 Å². The highest BCUT2D eigenvalue weighted by molar-refractivity contribution is 5.79. The number of rotatable bonds is 6. The molecule has 1 aromatic rings. The van der Waals surface area contributed by atoms with E-state index < -0.39 is 0 Å². The summed E-state index contributed by atoms with van der Waals surface area (Å²) in [6, 6.07) is 7.91. The van der Waals surface area contributed by atoms with Gasteiger partial charge < -0.3 is 15.4 Å². The average Bonchev–Trinajstić information content (AvgIpc) is 2.42. The molecule has 18 heavy (non-hydrogen) atoms. The molecule has 1 aromatic carbocycles. The van der Waals surface area contributed by atoms with Crippen LogP contribution in [-0.4, -0.2) is 26.2 Å². The van der Waals surface area contributed by atoms with E-state index in [9.17, 15) is 0 Å². The van der Waals surface area contributed by atoms with Crippen LogP contribution in [0.3, 0.4) is 0 Å². The lowest BCUT2D eigenvalue weighted by Crippen LogP contribution is -2.37. The van der Waals surface area contributed by atoms with Crippen LogP contribution < -0.4 is 15.4 Å². The van der Waals surface area contributed by atoms with Gasteiger partial charge in [-0.1, -0.05) is 18.2 Å². The Labute approximate surface area is 109 Å². The molecule has 0 fully saturated rings. The maximum atomic E-state index is 5.11. The maximum Gasteiger partial charge on any atom is 0.191 e. The van der Waals surface area contributed by atoms with Gasteiger partial charge in [-0.3, -0.25) is 0 Å². The van der Waals surface area contributed by atoms with Gasteiger partial charge in [0.2, 0.25) is 0 Å². The third-order valence-corrected chi connectivity index (χ3v) is 2.34. The summed E-state index contributed by atoms with van der Waals surface area (Å²) in [5.74, 6) is 1.66. The number of nitrogens with one attached hydrogen (secondary N) is 2. The molecule has 0 radical (unpaired) electrons. The third kappa shape index (κ3) is 4.91. The Balaban J connectivity index is 2.59. The second-order valence-electron chi connectivity index (χ2n) is 3.71. The predicted molar refractivity (Wildman–Crippen MR) is 76.0 cm³/mol. The van der Waals surface area contributed by atoms with Crippen molar-refractivity contribution in [2.75, 3.05) is 20.2 Å². The van der Waals surface area contributed by atoms with E-state index in [0.29, 0.717) is 13.1 Å². The third-order valence-electron chi connectivity index (χ3n) is 2.34. The number of guanidine groups is 1. The minimum absolute atomic E-state index is 0.635. The second-order valence-corrected chi connectivity index (χ2v) is 3.71. The summed E-state index contributed by atoms with van der Waals surface area (Å²) in [4.78, 5) is 4.48. The maximum absolute atomic E-state index is 5.11. The average molecular weight is 247 g/mol. The summed E-state index contributed by atoms with van der Waals surface area (Å²) < 4.78 is 5.11. The Hall–Kier alpha value is -1.97. The van der Waals surface area contributed by atoms with Crippen molar-refractivity contribution in [2.24, 2.45) is 4.99 Å². The van der Waals surface area contributed by atoms with Crippen molar-refractivity contribution < 1.29 is 4.74 Å². The van der Waals surface area contributed by atoms with Gasteiger partial charge in [0.15, 0.2) is 5.96 Å². The van der Waals surface area contributed by atoms with Crippen LogP contribution in [0.4, 0.5) is 0 Å². The van der Waals surface area contributed by atoms with Crippen molar-refractivity contribution in [3.63, 3.8) is 0 Å². The standard InChI is InChI=1S/C14H21N3O/c1-4-10-16-14(15-5-2)17-11-12-6-8-13(18-3)9-7-12/h4,6-9H,1,5,10-11H2,2-3H3,(H2,15,16,17). The van der Waals surface area contributed by atoms with Gasteiger partial charge >= 0.3 is 0 Å². The summed E-state index contributed by atoms with van der Waals surface area (Å²) in [6.45, 7) is 7.89. The van der Waals surface area contributed by atoms with Crippen molar-refractivity contribution in [3.05, 3.63) is 42.5 Å². The Morgan fingerprint density at radius 3 is 2.61 bits per heavy atom. The van der Waals surface area contributed by atoms with Crippen molar-refractivity contribution >= 4 is 5.96 Å². The molecule has 4 nitrogen and oxygen atoms in total. The van der Waals surface area contributed by atoms with Crippen LogP contribution >= 0.6 is 0 Å². The fourth-order valence-corrected chi connectivity index (χ4v) is 1.41. The molecule has 0 spiro atoms. The minimum atomic E-state index is 0.635. The number of nitrogens with zero attached hydrogens (tertiary/aromatic N) is 1. The Bertz CT molecular complexity index is 385. The molecule has 0 unspecified atom stereocenters. The van der Waals surface area contributed by atoms with E-state index in [4.69, 9.17) is 4.74 Å². The highest BCUT2D eigenvalue weighted by Gasteiger charge is 1.96. The van der Waals surface area contributed by atoms with E-state index in [-0.39, 0.29) is 0 Å². The smallest absolute Gasteiger partial charge is 0.191 e. The first kappa shape index (κ1) is 14.1. The van der Waals surface area contributed by atoms with E-state index in [1.54, 1.807) is 13.2 Å². The number of methoxy groups -OCH3 is 1. The van der Waals surface area contributed by atoms with Crippen LogP contribution in [0.5, 0.6) is 5.75 Å². The number of hydrogen-bond acceptors (Lipinski definition) is 2. The van der Waals surface area contributed by atoms with E-state index in [2.05, 4.69) is 22.2 Å². The van der Waals surface area contributed by atoms with Gasteiger partial charge in [-0.2, -0.15) is 0 Å². The summed E-state index contributed by atoms with van der Waals surface area (Å²) in [5, 5.41) is 6.34. The largest absolute Gasteiger partial charge is 0.497 e. The van der Waals surface area contributed by atoms with Gasteiger partial charge in [0.25, 0.3) is 0 Å². The molecule has 0 aliphatic rings. The molecule has 0 saturated carbocycles. The van der Waals surface area contributed by atoms with E-state index in [0.717, 1.165) is 23.8 Å². The zero-order valence-corrected chi connectivity index (χ0v) is 11.1. The van der Waals surface area contributed by atoms with Gasteiger partial charge in [0.05, 0.1) is 13.7 Å². The summed E-state index contributed by atoms with van der Waals surface area (Å²) in [5.41, 5.74) is 1.15. The molecule has 0 aliphatic carbocycles. The van der Waals surface area contributed by atoms with Crippen molar-refractivity contribution in [3.8, 4) is 5.75 Å². The molecule has 2 N–H and O–H groups in total. The Morgan fingerprint density at radius 2 is 2.06 bits per heavy atom. The Morgan fingerprint density at radius 1 is 1.33 bits per heavy atom.